The quantitative estimate of drug-likeness (QED) is 0.811. The maximum absolute atomic E-state index is 12.6. The van der Waals surface area contributed by atoms with Crippen molar-refractivity contribution in [3.8, 4) is 5.75 Å². The first-order valence-corrected chi connectivity index (χ1v) is 10.8. The van der Waals surface area contributed by atoms with Crippen molar-refractivity contribution >= 4 is 15.7 Å². The van der Waals surface area contributed by atoms with Gasteiger partial charge in [-0.15, -0.1) is 0 Å². The monoisotopic (exact) mass is 391 g/mol. The number of hydrogen-bond acceptors (Lipinski definition) is 5. The second kappa shape index (κ2) is 7.72. The largest absolute Gasteiger partial charge is 0.497 e. The maximum Gasteiger partial charge on any atom is 0.255 e. The Morgan fingerprint density at radius 3 is 2.59 bits per heavy atom. The minimum atomic E-state index is -3.00. The number of carbonyl (C=O) groups excluding carboxylic acids is 1. The van der Waals surface area contributed by atoms with Crippen LogP contribution in [0.3, 0.4) is 0 Å². The van der Waals surface area contributed by atoms with Crippen LogP contribution in [-0.4, -0.2) is 49.3 Å². The van der Waals surface area contributed by atoms with Gasteiger partial charge >= 0.3 is 0 Å². The summed E-state index contributed by atoms with van der Waals surface area (Å²) in [6.45, 7) is 4.11. The lowest BCUT2D eigenvalue weighted by Gasteiger charge is -2.11. The molecule has 0 radical (unpaired) electrons. The number of amides is 1. The minimum absolute atomic E-state index is 0.0908. The van der Waals surface area contributed by atoms with Crippen LogP contribution in [0.4, 0.5) is 0 Å². The summed E-state index contributed by atoms with van der Waals surface area (Å²) in [7, 11) is -1.38. The van der Waals surface area contributed by atoms with Crippen molar-refractivity contribution in [3.05, 3.63) is 46.8 Å². The Hall–Kier alpha value is -2.35. The highest BCUT2D eigenvalue weighted by molar-refractivity contribution is 7.91. The Morgan fingerprint density at radius 1 is 1.30 bits per heavy atom. The van der Waals surface area contributed by atoms with Gasteiger partial charge in [-0.3, -0.25) is 9.48 Å². The molecule has 2 heterocycles. The molecule has 1 amide bonds. The highest BCUT2D eigenvalue weighted by atomic mass is 32.2. The van der Waals surface area contributed by atoms with Crippen LogP contribution in [0.1, 0.15) is 39.8 Å². The molecule has 0 bridgehead atoms. The molecular weight excluding hydrogens is 366 g/mol. The first-order chi connectivity index (χ1) is 12.8. The smallest absolute Gasteiger partial charge is 0.255 e. The third-order valence-electron chi connectivity index (χ3n) is 4.96. The van der Waals surface area contributed by atoms with Crippen LogP contribution >= 0.6 is 0 Å². The van der Waals surface area contributed by atoms with E-state index in [9.17, 15) is 13.2 Å². The van der Waals surface area contributed by atoms with Crippen LogP contribution in [0.15, 0.2) is 24.3 Å². The van der Waals surface area contributed by atoms with E-state index in [1.54, 1.807) is 18.7 Å². The van der Waals surface area contributed by atoms with Gasteiger partial charge in [-0.2, -0.15) is 5.10 Å². The first-order valence-electron chi connectivity index (χ1n) is 8.98. The van der Waals surface area contributed by atoms with E-state index in [0.29, 0.717) is 30.6 Å². The molecule has 3 rings (SSSR count). The lowest BCUT2D eigenvalue weighted by molar-refractivity contribution is 0.0952. The highest BCUT2D eigenvalue weighted by Crippen LogP contribution is 2.26. The van der Waals surface area contributed by atoms with Gasteiger partial charge in [-0.1, -0.05) is 12.1 Å². The molecule has 1 aromatic heterocycles. The molecular formula is C19H25N3O4S. The molecule has 1 fully saturated rings. The molecule has 0 saturated carbocycles. The summed E-state index contributed by atoms with van der Waals surface area (Å²) in [6.07, 6.45) is 1.26. The van der Waals surface area contributed by atoms with E-state index in [1.807, 2.05) is 31.2 Å². The molecule has 1 aromatic carbocycles. The van der Waals surface area contributed by atoms with E-state index >= 15 is 0 Å². The predicted molar refractivity (Wildman–Crippen MR) is 103 cm³/mol. The summed E-state index contributed by atoms with van der Waals surface area (Å²) in [5, 5.41) is 7.38. The third-order valence-corrected chi connectivity index (χ3v) is 6.71. The van der Waals surface area contributed by atoms with E-state index in [1.165, 1.54) is 0 Å². The molecule has 1 aliphatic heterocycles. The van der Waals surface area contributed by atoms with Gasteiger partial charge in [0.15, 0.2) is 9.84 Å². The number of benzene rings is 1. The van der Waals surface area contributed by atoms with Gasteiger partial charge in [0.25, 0.3) is 5.91 Å². The second-order valence-electron chi connectivity index (χ2n) is 6.90. The number of aromatic nitrogens is 2. The average molecular weight is 391 g/mol. The van der Waals surface area contributed by atoms with E-state index in [4.69, 9.17) is 4.74 Å². The number of nitrogens with one attached hydrogen (secondary N) is 1. The molecule has 0 spiro atoms. The summed E-state index contributed by atoms with van der Waals surface area (Å²) in [5.74, 6) is 0.897. The van der Waals surface area contributed by atoms with Crippen molar-refractivity contribution in [2.24, 2.45) is 0 Å². The summed E-state index contributed by atoms with van der Waals surface area (Å²) in [5.41, 5.74) is 2.99. The van der Waals surface area contributed by atoms with Gasteiger partial charge in [-0.25, -0.2) is 8.42 Å². The first kappa shape index (κ1) is 19.4. The van der Waals surface area contributed by atoms with Crippen LogP contribution in [0.2, 0.25) is 0 Å². The Kier molecular flexibility index (Phi) is 5.55. The number of ether oxygens (including phenoxy) is 1. The summed E-state index contributed by atoms with van der Waals surface area (Å²) >= 11 is 0. The Morgan fingerprint density at radius 2 is 2.00 bits per heavy atom. The number of nitrogens with zero attached hydrogens (tertiary/aromatic N) is 2. The zero-order chi connectivity index (χ0) is 19.6. The highest BCUT2D eigenvalue weighted by Gasteiger charge is 2.32. The summed E-state index contributed by atoms with van der Waals surface area (Å²) in [6, 6.07) is 7.55. The molecule has 1 N–H and O–H groups in total. The molecule has 8 heteroatoms. The lowest BCUT2D eigenvalue weighted by atomic mass is 10.1. The Balaban J connectivity index is 1.64. The number of aryl methyl sites for hydroxylation is 1. The number of sulfone groups is 1. The van der Waals surface area contributed by atoms with Crippen LogP contribution in [0.5, 0.6) is 5.75 Å². The average Bonchev–Trinajstić information content (AvgIpc) is 3.14. The van der Waals surface area contributed by atoms with E-state index < -0.39 is 9.84 Å². The van der Waals surface area contributed by atoms with Gasteiger partial charge in [0.2, 0.25) is 0 Å². The number of rotatable bonds is 6. The fourth-order valence-corrected chi connectivity index (χ4v) is 5.21. The number of methoxy groups -OCH3 is 1. The van der Waals surface area contributed by atoms with E-state index in [-0.39, 0.29) is 23.5 Å². The van der Waals surface area contributed by atoms with Gasteiger partial charge < -0.3 is 10.1 Å². The van der Waals surface area contributed by atoms with Crippen LogP contribution < -0.4 is 10.1 Å². The molecule has 0 aliphatic carbocycles. The van der Waals surface area contributed by atoms with Crippen molar-refractivity contribution < 1.29 is 17.9 Å². The zero-order valence-electron chi connectivity index (χ0n) is 15.9. The normalized spacial score (nSPS) is 18.4. The minimum Gasteiger partial charge on any atom is -0.497 e. The topological polar surface area (TPSA) is 90.3 Å². The molecule has 0 unspecified atom stereocenters. The van der Waals surface area contributed by atoms with E-state index in [2.05, 4.69) is 10.4 Å². The van der Waals surface area contributed by atoms with Gasteiger partial charge in [0, 0.05) is 12.2 Å². The third kappa shape index (κ3) is 4.32. The molecule has 146 valence electrons. The number of hydrogen-bond donors (Lipinski definition) is 1. The SMILES string of the molecule is COc1ccc(CCNC(=O)c2c(C)nn([C@H]3CCS(=O)(=O)C3)c2C)cc1. The standard InChI is InChI=1S/C19H25N3O4S/c1-13-18(14(2)22(21-13)16-9-11-27(24,25)12-16)19(23)20-10-8-15-4-6-17(26-3)7-5-15/h4-7,16H,8-12H2,1-3H3,(H,20,23)/t16-/m0/s1. The zero-order valence-corrected chi connectivity index (χ0v) is 16.7. The molecule has 1 saturated heterocycles. The van der Waals surface area contributed by atoms with Crippen molar-refractivity contribution in [1.29, 1.82) is 0 Å². The van der Waals surface area contributed by atoms with Gasteiger partial charge in [0.1, 0.15) is 5.75 Å². The molecule has 27 heavy (non-hydrogen) atoms. The summed E-state index contributed by atoms with van der Waals surface area (Å²) < 4.78 is 30.3. The van der Waals surface area contributed by atoms with Crippen LogP contribution in [0, 0.1) is 13.8 Å². The van der Waals surface area contributed by atoms with Crippen molar-refractivity contribution in [3.63, 3.8) is 0 Å². The Labute approximate surface area is 159 Å². The Bertz CT molecular complexity index is 933. The fourth-order valence-electron chi connectivity index (χ4n) is 3.52. The van der Waals surface area contributed by atoms with E-state index in [0.717, 1.165) is 17.0 Å². The van der Waals surface area contributed by atoms with Crippen molar-refractivity contribution in [2.75, 3.05) is 25.2 Å². The molecule has 7 nitrogen and oxygen atoms in total. The van der Waals surface area contributed by atoms with Crippen molar-refractivity contribution in [1.82, 2.24) is 15.1 Å². The number of carbonyl (C=O) groups is 1. The fraction of sp³-hybridized carbons (Fsp3) is 0.474. The maximum atomic E-state index is 12.6. The predicted octanol–water partition coefficient (Wildman–Crippen LogP) is 1.84. The molecule has 2 aromatic rings. The van der Waals surface area contributed by atoms with Gasteiger partial charge in [0.05, 0.1) is 35.9 Å². The van der Waals surface area contributed by atoms with Crippen LogP contribution in [0.25, 0.3) is 0 Å². The van der Waals surface area contributed by atoms with Gasteiger partial charge in [-0.05, 0) is 44.4 Å². The van der Waals surface area contributed by atoms with Crippen molar-refractivity contribution in [2.45, 2.75) is 32.7 Å². The second-order valence-corrected chi connectivity index (χ2v) is 9.13. The summed E-state index contributed by atoms with van der Waals surface area (Å²) in [4.78, 5) is 12.6. The molecule has 1 aliphatic rings. The van der Waals surface area contributed by atoms with Crippen LogP contribution in [-0.2, 0) is 16.3 Å². The molecule has 1 atom stereocenters. The lowest BCUT2D eigenvalue weighted by Crippen LogP contribution is -2.27.